The van der Waals surface area contributed by atoms with Gasteiger partial charge in [0.1, 0.15) is 12.0 Å². The number of hydrogen-bond donors (Lipinski definition) is 0. The third-order valence-corrected chi connectivity index (χ3v) is 1.69. The van der Waals surface area contributed by atoms with Crippen molar-refractivity contribution in [3.63, 3.8) is 0 Å². The molecule has 0 aliphatic heterocycles. The maximum Gasteiger partial charge on any atom is 0.130 e. The molecule has 0 aromatic rings. The molecule has 0 aromatic heterocycles. The van der Waals surface area contributed by atoms with Crippen LogP contribution in [0, 0.1) is 5.41 Å². The minimum absolute atomic E-state index is 0.480. The van der Waals surface area contributed by atoms with Crippen LogP contribution in [0.5, 0.6) is 0 Å². The van der Waals surface area contributed by atoms with Crippen molar-refractivity contribution < 1.29 is 8.78 Å². The first-order valence-electron chi connectivity index (χ1n) is 3.23. The minimum atomic E-state index is -1.20. The molecule has 0 aromatic carbocycles. The van der Waals surface area contributed by atoms with Gasteiger partial charge >= 0.3 is 0 Å². The molecule has 0 heterocycles. The van der Waals surface area contributed by atoms with Gasteiger partial charge in [-0.2, -0.15) is 0 Å². The topological polar surface area (TPSA) is 0 Å². The van der Waals surface area contributed by atoms with Crippen molar-refractivity contribution in [2.24, 2.45) is 5.41 Å². The Morgan fingerprint density at radius 3 is 2.50 bits per heavy atom. The van der Waals surface area contributed by atoms with Crippen LogP contribution in [0.3, 0.4) is 0 Å². The molecule has 0 amide bonds. The Morgan fingerprint density at radius 2 is 2.10 bits per heavy atom. The van der Waals surface area contributed by atoms with Gasteiger partial charge in [0, 0.05) is 5.41 Å². The lowest BCUT2D eigenvalue weighted by Crippen LogP contribution is -2.23. The zero-order valence-corrected chi connectivity index (χ0v) is 6.07. The summed E-state index contributed by atoms with van der Waals surface area (Å²) in [5.41, 5.74) is -0.546. The molecule has 0 fully saturated rings. The second kappa shape index (κ2) is 2.19. The number of hydrogen-bond acceptors (Lipinski definition) is 0. The maximum atomic E-state index is 12.8. The lowest BCUT2D eigenvalue weighted by atomic mass is 9.84. The smallest absolute Gasteiger partial charge is 0.130 e. The van der Waals surface area contributed by atoms with Crippen molar-refractivity contribution in [2.45, 2.75) is 20.0 Å². The van der Waals surface area contributed by atoms with Gasteiger partial charge in [-0.05, 0) is 12.2 Å². The SMILES string of the molecule is CC1(C)C=CC(F)=CC1F. The summed E-state index contributed by atoms with van der Waals surface area (Å²) in [6, 6.07) is 0. The maximum absolute atomic E-state index is 12.8. The van der Waals surface area contributed by atoms with Gasteiger partial charge in [0.15, 0.2) is 0 Å². The molecule has 0 bridgehead atoms. The van der Waals surface area contributed by atoms with E-state index in [1.807, 2.05) is 0 Å². The number of halogens is 2. The third kappa shape index (κ3) is 1.25. The molecule has 1 unspecified atom stereocenters. The highest BCUT2D eigenvalue weighted by Crippen LogP contribution is 2.31. The molecular weight excluding hydrogens is 134 g/mol. The van der Waals surface area contributed by atoms with Crippen molar-refractivity contribution in [1.29, 1.82) is 0 Å². The van der Waals surface area contributed by atoms with Crippen LogP contribution >= 0.6 is 0 Å². The normalized spacial score (nSPS) is 30.0. The van der Waals surface area contributed by atoms with E-state index in [0.29, 0.717) is 0 Å². The van der Waals surface area contributed by atoms with Crippen LogP contribution in [0.4, 0.5) is 8.78 Å². The summed E-state index contributed by atoms with van der Waals surface area (Å²) < 4.78 is 25.2. The predicted molar refractivity (Wildman–Crippen MR) is 37.0 cm³/mol. The van der Waals surface area contributed by atoms with E-state index in [9.17, 15) is 8.78 Å². The molecule has 10 heavy (non-hydrogen) atoms. The van der Waals surface area contributed by atoms with E-state index in [1.54, 1.807) is 19.9 Å². The number of allylic oxidation sites excluding steroid dienone is 4. The molecule has 1 atom stereocenters. The van der Waals surface area contributed by atoms with Crippen molar-refractivity contribution in [3.8, 4) is 0 Å². The summed E-state index contributed by atoms with van der Waals surface area (Å²) in [6.45, 7) is 3.47. The standard InChI is InChI=1S/C8H10F2/c1-8(2)4-3-6(9)5-7(8)10/h3-5,7H,1-2H3. The van der Waals surface area contributed by atoms with E-state index in [2.05, 4.69) is 0 Å². The van der Waals surface area contributed by atoms with E-state index in [1.165, 1.54) is 6.08 Å². The molecule has 0 radical (unpaired) electrons. The Balaban J connectivity index is 2.84. The first-order chi connectivity index (χ1) is 4.52. The summed E-state index contributed by atoms with van der Waals surface area (Å²) in [4.78, 5) is 0. The summed E-state index contributed by atoms with van der Waals surface area (Å²) in [5.74, 6) is -0.480. The number of alkyl halides is 1. The molecule has 2 heteroatoms. The Labute approximate surface area is 59.2 Å². The molecule has 0 saturated heterocycles. The Hall–Kier alpha value is -0.660. The van der Waals surface area contributed by atoms with E-state index in [-0.39, 0.29) is 0 Å². The molecule has 1 rings (SSSR count). The van der Waals surface area contributed by atoms with Crippen molar-refractivity contribution in [1.82, 2.24) is 0 Å². The molecule has 0 nitrogen and oxygen atoms in total. The van der Waals surface area contributed by atoms with Crippen LogP contribution in [-0.4, -0.2) is 6.17 Å². The van der Waals surface area contributed by atoms with Gasteiger partial charge in [-0.3, -0.25) is 0 Å². The van der Waals surface area contributed by atoms with Gasteiger partial charge in [0.2, 0.25) is 0 Å². The molecule has 56 valence electrons. The quantitative estimate of drug-likeness (QED) is 0.490. The number of rotatable bonds is 0. The lowest BCUT2D eigenvalue weighted by Gasteiger charge is -2.24. The average Bonchev–Trinajstić information content (AvgIpc) is 1.81. The van der Waals surface area contributed by atoms with Crippen LogP contribution in [-0.2, 0) is 0 Å². The van der Waals surface area contributed by atoms with Gasteiger partial charge in [-0.25, -0.2) is 8.78 Å². The summed E-state index contributed by atoms with van der Waals surface area (Å²) in [5, 5.41) is 0. The van der Waals surface area contributed by atoms with Gasteiger partial charge < -0.3 is 0 Å². The summed E-state index contributed by atoms with van der Waals surface area (Å²) >= 11 is 0. The third-order valence-electron chi connectivity index (χ3n) is 1.69. The zero-order chi connectivity index (χ0) is 7.78. The monoisotopic (exact) mass is 144 g/mol. The molecule has 0 N–H and O–H groups in total. The fourth-order valence-electron chi connectivity index (χ4n) is 0.796. The van der Waals surface area contributed by atoms with Crippen LogP contribution in [0.1, 0.15) is 13.8 Å². The highest BCUT2D eigenvalue weighted by Gasteiger charge is 2.27. The molecule has 1 aliphatic carbocycles. The lowest BCUT2D eigenvalue weighted by molar-refractivity contribution is 0.234. The van der Waals surface area contributed by atoms with Crippen LogP contribution < -0.4 is 0 Å². The Morgan fingerprint density at radius 1 is 1.50 bits per heavy atom. The highest BCUT2D eigenvalue weighted by molar-refractivity contribution is 5.23. The zero-order valence-electron chi connectivity index (χ0n) is 6.07. The van der Waals surface area contributed by atoms with Gasteiger partial charge in [0.25, 0.3) is 0 Å². The van der Waals surface area contributed by atoms with E-state index in [4.69, 9.17) is 0 Å². The van der Waals surface area contributed by atoms with Crippen LogP contribution in [0.15, 0.2) is 24.1 Å². The fourth-order valence-corrected chi connectivity index (χ4v) is 0.796. The second-order valence-corrected chi connectivity index (χ2v) is 3.11. The first-order valence-corrected chi connectivity index (χ1v) is 3.23. The second-order valence-electron chi connectivity index (χ2n) is 3.11. The molecule has 1 aliphatic rings. The first kappa shape index (κ1) is 7.45. The van der Waals surface area contributed by atoms with Gasteiger partial charge in [-0.1, -0.05) is 19.9 Å². The Bertz CT molecular complexity index is 189. The summed E-state index contributed by atoms with van der Waals surface area (Å²) in [7, 11) is 0. The van der Waals surface area contributed by atoms with Gasteiger partial charge in [0.05, 0.1) is 0 Å². The van der Waals surface area contributed by atoms with E-state index >= 15 is 0 Å². The highest BCUT2D eigenvalue weighted by atomic mass is 19.1. The van der Waals surface area contributed by atoms with Crippen molar-refractivity contribution in [3.05, 3.63) is 24.1 Å². The Kier molecular flexibility index (Phi) is 1.63. The van der Waals surface area contributed by atoms with Crippen molar-refractivity contribution >= 4 is 0 Å². The largest absolute Gasteiger partial charge is 0.242 e. The van der Waals surface area contributed by atoms with Gasteiger partial charge in [-0.15, -0.1) is 0 Å². The fraction of sp³-hybridized carbons (Fsp3) is 0.500. The molecular formula is C8H10F2. The van der Waals surface area contributed by atoms with Crippen LogP contribution in [0.2, 0.25) is 0 Å². The minimum Gasteiger partial charge on any atom is -0.242 e. The van der Waals surface area contributed by atoms with E-state index in [0.717, 1.165) is 6.08 Å². The predicted octanol–water partition coefficient (Wildman–Crippen LogP) is 2.77. The summed E-state index contributed by atoms with van der Waals surface area (Å²) in [6.07, 6.45) is 2.65. The van der Waals surface area contributed by atoms with E-state index < -0.39 is 17.4 Å². The molecule has 0 saturated carbocycles. The molecule has 0 spiro atoms. The average molecular weight is 144 g/mol. The van der Waals surface area contributed by atoms with Crippen LogP contribution in [0.25, 0.3) is 0 Å². The van der Waals surface area contributed by atoms with Crippen molar-refractivity contribution in [2.75, 3.05) is 0 Å².